The summed E-state index contributed by atoms with van der Waals surface area (Å²) < 4.78 is 5.30. The van der Waals surface area contributed by atoms with Crippen LogP contribution in [0.1, 0.15) is 12.0 Å². The van der Waals surface area contributed by atoms with E-state index in [1.54, 1.807) is 0 Å². The lowest BCUT2D eigenvalue weighted by Gasteiger charge is -2.26. The van der Waals surface area contributed by atoms with Crippen molar-refractivity contribution in [1.29, 1.82) is 0 Å². The molecule has 0 atom stereocenters. The summed E-state index contributed by atoms with van der Waals surface area (Å²) in [5, 5.41) is 6.76. The van der Waals surface area contributed by atoms with Gasteiger partial charge in [-0.3, -0.25) is 10.00 Å². The smallest absolute Gasteiger partial charge is 0.0594 e. The molecule has 0 unspecified atom stereocenters. The molecule has 1 N–H and O–H groups in total. The Labute approximate surface area is 96.4 Å². The summed E-state index contributed by atoms with van der Waals surface area (Å²) in [6.45, 7) is 5.14. The van der Waals surface area contributed by atoms with Gasteiger partial charge in [-0.15, -0.1) is 12.4 Å². The van der Waals surface area contributed by atoms with Crippen molar-refractivity contribution in [3.63, 3.8) is 0 Å². The monoisotopic (exact) mass is 231 g/mol. The molecule has 1 fully saturated rings. The number of nitrogens with zero attached hydrogens (tertiary/aromatic N) is 2. The second kappa shape index (κ2) is 6.82. The van der Waals surface area contributed by atoms with Gasteiger partial charge in [-0.1, -0.05) is 0 Å². The number of hydrogen-bond donors (Lipinski definition) is 1. The lowest BCUT2D eigenvalue weighted by atomic mass is 10.2. The predicted molar refractivity (Wildman–Crippen MR) is 61.4 cm³/mol. The number of rotatable bonds is 4. The topological polar surface area (TPSA) is 41.2 Å². The van der Waals surface area contributed by atoms with E-state index in [4.69, 9.17) is 4.74 Å². The van der Waals surface area contributed by atoms with Gasteiger partial charge >= 0.3 is 0 Å². The van der Waals surface area contributed by atoms with Gasteiger partial charge in [-0.05, 0) is 24.9 Å². The molecule has 1 aromatic rings. The van der Waals surface area contributed by atoms with Crippen molar-refractivity contribution < 1.29 is 4.74 Å². The fraction of sp³-hybridized carbons (Fsp3) is 0.700. The van der Waals surface area contributed by atoms with Gasteiger partial charge in [0, 0.05) is 19.3 Å². The Morgan fingerprint density at radius 3 is 2.87 bits per heavy atom. The summed E-state index contributed by atoms with van der Waals surface area (Å²) in [5.74, 6) is 0. The summed E-state index contributed by atoms with van der Waals surface area (Å²) in [4.78, 5) is 2.46. The minimum absolute atomic E-state index is 0. The van der Waals surface area contributed by atoms with E-state index in [0.29, 0.717) is 0 Å². The lowest BCUT2D eigenvalue weighted by Crippen LogP contribution is -2.36. The molecular weight excluding hydrogens is 214 g/mol. The number of H-pyrrole nitrogens is 1. The number of morpholine rings is 1. The van der Waals surface area contributed by atoms with E-state index in [2.05, 4.69) is 15.1 Å². The molecule has 1 aliphatic rings. The third kappa shape index (κ3) is 4.20. The van der Waals surface area contributed by atoms with Gasteiger partial charge in [0.1, 0.15) is 0 Å². The Bertz CT molecular complexity index is 247. The Morgan fingerprint density at radius 1 is 1.40 bits per heavy atom. The fourth-order valence-corrected chi connectivity index (χ4v) is 1.75. The predicted octanol–water partition coefficient (Wildman–Crippen LogP) is 1.10. The number of aryl methyl sites for hydroxylation is 1. The summed E-state index contributed by atoms with van der Waals surface area (Å²) >= 11 is 0. The largest absolute Gasteiger partial charge is 0.379 e. The van der Waals surface area contributed by atoms with Crippen LogP contribution in [0.15, 0.2) is 12.4 Å². The van der Waals surface area contributed by atoms with Crippen molar-refractivity contribution in [3.8, 4) is 0 Å². The first kappa shape index (κ1) is 12.5. The molecule has 0 spiro atoms. The Hall–Kier alpha value is -0.580. The highest BCUT2D eigenvalue weighted by Crippen LogP contribution is 2.02. The highest BCUT2D eigenvalue weighted by Gasteiger charge is 2.09. The van der Waals surface area contributed by atoms with Gasteiger partial charge in [-0.25, -0.2) is 0 Å². The Morgan fingerprint density at radius 2 is 2.20 bits per heavy atom. The van der Waals surface area contributed by atoms with E-state index in [-0.39, 0.29) is 12.4 Å². The highest BCUT2D eigenvalue weighted by molar-refractivity contribution is 5.85. The van der Waals surface area contributed by atoms with E-state index in [0.717, 1.165) is 32.7 Å². The lowest BCUT2D eigenvalue weighted by molar-refractivity contribution is 0.0375. The third-order valence-electron chi connectivity index (χ3n) is 2.60. The van der Waals surface area contributed by atoms with E-state index < -0.39 is 0 Å². The van der Waals surface area contributed by atoms with Crippen LogP contribution < -0.4 is 0 Å². The number of ether oxygens (including phenoxy) is 1. The van der Waals surface area contributed by atoms with Crippen LogP contribution in [0, 0.1) is 0 Å². The fourth-order valence-electron chi connectivity index (χ4n) is 1.75. The maximum Gasteiger partial charge on any atom is 0.0594 e. The summed E-state index contributed by atoms with van der Waals surface area (Å²) in [7, 11) is 0. The normalized spacial score (nSPS) is 17.3. The van der Waals surface area contributed by atoms with Crippen LogP contribution in [0.4, 0.5) is 0 Å². The Balaban J connectivity index is 0.00000112. The van der Waals surface area contributed by atoms with Gasteiger partial charge in [0.2, 0.25) is 0 Å². The van der Waals surface area contributed by atoms with E-state index in [1.807, 2.05) is 12.4 Å². The van der Waals surface area contributed by atoms with Gasteiger partial charge < -0.3 is 4.74 Å². The van der Waals surface area contributed by atoms with Crippen molar-refractivity contribution in [2.45, 2.75) is 12.8 Å². The molecule has 2 rings (SSSR count). The first-order chi connectivity index (χ1) is 6.95. The zero-order valence-corrected chi connectivity index (χ0v) is 9.63. The molecule has 0 amide bonds. The van der Waals surface area contributed by atoms with Crippen LogP contribution in [-0.2, 0) is 11.2 Å². The van der Waals surface area contributed by atoms with Crippen molar-refractivity contribution in [1.82, 2.24) is 15.1 Å². The standard InChI is InChI=1S/C10H17N3O.ClH/c1(2-10-8-11-12-9-10)3-13-4-6-14-7-5-13;/h8-9H,1-7H2,(H,11,12);1H. The van der Waals surface area contributed by atoms with Crippen LogP contribution in [0.2, 0.25) is 0 Å². The van der Waals surface area contributed by atoms with Crippen molar-refractivity contribution in [2.75, 3.05) is 32.8 Å². The Kier molecular flexibility index (Phi) is 5.68. The summed E-state index contributed by atoms with van der Waals surface area (Å²) in [5.41, 5.74) is 1.30. The van der Waals surface area contributed by atoms with E-state index in [1.165, 1.54) is 18.5 Å². The molecule has 1 aromatic heterocycles. The molecule has 0 bridgehead atoms. The van der Waals surface area contributed by atoms with E-state index >= 15 is 0 Å². The van der Waals surface area contributed by atoms with Gasteiger partial charge in [0.15, 0.2) is 0 Å². The molecule has 1 aliphatic heterocycles. The molecular formula is C10H18ClN3O. The first-order valence-electron chi connectivity index (χ1n) is 5.23. The van der Waals surface area contributed by atoms with E-state index in [9.17, 15) is 0 Å². The molecule has 0 aliphatic carbocycles. The second-order valence-corrected chi connectivity index (χ2v) is 3.66. The second-order valence-electron chi connectivity index (χ2n) is 3.66. The highest BCUT2D eigenvalue weighted by atomic mass is 35.5. The van der Waals surface area contributed by atoms with Crippen molar-refractivity contribution in [2.24, 2.45) is 0 Å². The summed E-state index contributed by atoms with van der Waals surface area (Å²) in [6, 6.07) is 0. The van der Waals surface area contributed by atoms with Crippen LogP contribution in [-0.4, -0.2) is 47.9 Å². The number of nitrogens with one attached hydrogen (secondary N) is 1. The molecule has 0 saturated carbocycles. The van der Waals surface area contributed by atoms with Crippen LogP contribution in [0.25, 0.3) is 0 Å². The molecule has 4 nitrogen and oxygen atoms in total. The molecule has 5 heteroatoms. The minimum Gasteiger partial charge on any atom is -0.379 e. The van der Waals surface area contributed by atoms with Crippen LogP contribution in [0.3, 0.4) is 0 Å². The van der Waals surface area contributed by atoms with Crippen LogP contribution in [0.5, 0.6) is 0 Å². The maximum atomic E-state index is 5.30. The number of hydrogen-bond acceptors (Lipinski definition) is 3. The third-order valence-corrected chi connectivity index (χ3v) is 2.60. The molecule has 0 radical (unpaired) electrons. The van der Waals surface area contributed by atoms with Gasteiger partial charge in [0.25, 0.3) is 0 Å². The van der Waals surface area contributed by atoms with Crippen molar-refractivity contribution in [3.05, 3.63) is 18.0 Å². The molecule has 0 aromatic carbocycles. The number of aromatic amines is 1. The number of aromatic nitrogens is 2. The first-order valence-corrected chi connectivity index (χ1v) is 5.23. The quantitative estimate of drug-likeness (QED) is 0.844. The zero-order chi connectivity index (χ0) is 9.64. The number of halogens is 1. The average molecular weight is 232 g/mol. The average Bonchev–Trinajstić information content (AvgIpc) is 2.72. The maximum absolute atomic E-state index is 5.30. The van der Waals surface area contributed by atoms with Gasteiger partial charge in [0.05, 0.1) is 19.4 Å². The summed E-state index contributed by atoms with van der Waals surface area (Å²) in [6.07, 6.45) is 6.20. The van der Waals surface area contributed by atoms with Crippen molar-refractivity contribution >= 4 is 12.4 Å². The molecule has 86 valence electrons. The molecule has 1 saturated heterocycles. The zero-order valence-electron chi connectivity index (χ0n) is 8.82. The van der Waals surface area contributed by atoms with Gasteiger partial charge in [-0.2, -0.15) is 5.10 Å². The minimum atomic E-state index is 0. The molecule has 2 heterocycles. The molecule has 15 heavy (non-hydrogen) atoms. The SMILES string of the molecule is Cl.c1n[nH]cc1CCCN1CCOCC1. The van der Waals surface area contributed by atoms with Crippen LogP contribution >= 0.6 is 12.4 Å².